The summed E-state index contributed by atoms with van der Waals surface area (Å²) in [5.41, 5.74) is 2.76. The molecule has 3 aromatic heterocycles. The highest BCUT2D eigenvalue weighted by molar-refractivity contribution is 7.70. The van der Waals surface area contributed by atoms with E-state index >= 15 is 0 Å². The molecule has 1 aromatic carbocycles. The first kappa shape index (κ1) is 19.7. The number of rotatable bonds is 4. The first-order valence-electron chi connectivity index (χ1n) is 10.00. The van der Waals surface area contributed by atoms with Gasteiger partial charge in [-0.1, -0.05) is 0 Å². The van der Waals surface area contributed by atoms with E-state index in [0.29, 0.717) is 33.4 Å². The number of halogens is 1. The van der Waals surface area contributed by atoms with Gasteiger partial charge in [-0.15, -0.1) is 11.3 Å². The van der Waals surface area contributed by atoms with Gasteiger partial charge in [-0.2, -0.15) is 0 Å². The van der Waals surface area contributed by atoms with Gasteiger partial charge in [0.2, 0.25) is 5.95 Å². The Labute approximate surface area is 177 Å². The number of fused-ring (bicyclic) bond motifs is 2. The van der Waals surface area contributed by atoms with Crippen molar-refractivity contribution < 1.29 is 8.96 Å². The Hall–Kier alpha value is -2.28. The number of piperidine rings is 1. The fraction of sp³-hybridized carbons (Fsp3) is 0.333. The van der Waals surface area contributed by atoms with Crippen molar-refractivity contribution >= 4 is 50.9 Å². The van der Waals surface area contributed by atoms with Crippen molar-refractivity contribution in [1.82, 2.24) is 20.3 Å². The highest BCUT2D eigenvalue weighted by atomic mass is 32.1. The highest BCUT2D eigenvalue weighted by Gasteiger charge is 2.23. The second-order valence-electron chi connectivity index (χ2n) is 8.09. The summed E-state index contributed by atoms with van der Waals surface area (Å²) in [6.45, 7) is 5.29. The maximum Gasteiger partial charge on any atom is 0.224 e. The number of H-pyrrole nitrogens is 1. The third kappa shape index (κ3) is 3.43. The summed E-state index contributed by atoms with van der Waals surface area (Å²) in [6, 6.07) is 5.23. The number of thiophene rings is 1. The molecule has 1 saturated heterocycles. The summed E-state index contributed by atoms with van der Waals surface area (Å²) < 4.78 is 28.6. The minimum Gasteiger partial charge on any atom is -0.360 e. The van der Waals surface area contributed by atoms with E-state index in [1.807, 2.05) is 11.4 Å². The molecule has 3 N–H and O–H groups in total. The first-order chi connectivity index (χ1) is 14.4. The molecule has 1 fully saturated rings. The van der Waals surface area contributed by atoms with Crippen LogP contribution in [0.25, 0.3) is 32.4 Å². The number of hydrogen-bond acceptors (Lipinski definition) is 6. The van der Waals surface area contributed by atoms with Crippen LogP contribution in [-0.4, -0.2) is 47.4 Å². The van der Waals surface area contributed by atoms with Gasteiger partial charge in [0, 0.05) is 35.0 Å². The summed E-state index contributed by atoms with van der Waals surface area (Å²) >= 11 is 1.53. The van der Waals surface area contributed by atoms with Gasteiger partial charge in [0.25, 0.3) is 0 Å². The summed E-state index contributed by atoms with van der Waals surface area (Å²) in [5.74, 6) is 0.194. The number of nitrogens with zero attached hydrogens (tertiary/aromatic N) is 2. The minimum absolute atomic E-state index is 0.264. The number of anilines is 1. The van der Waals surface area contributed by atoms with Crippen molar-refractivity contribution in [3.8, 4) is 11.3 Å². The molecule has 0 amide bonds. The molecule has 0 radical (unpaired) electrons. The second-order valence-corrected chi connectivity index (χ2v) is 12.2. The standard InChI is InChI=1S/C21H23FN5OPS/c1-29(2,28)16-6-5-14(22)17-13(11-24-19(16)17)18-20-15(7-9-30-20)26-21(27-18)25-12-4-3-8-23-10-12/h5-7,9,11-12,23-24H,3-4,8,10H2,1-2H3,(H,25,26,27)/t12-/m0/s1. The highest BCUT2D eigenvalue weighted by Crippen LogP contribution is 2.41. The van der Waals surface area contributed by atoms with Crippen molar-refractivity contribution in [2.45, 2.75) is 18.9 Å². The summed E-state index contributed by atoms with van der Waals surface area (Å²) in [6.07, 6.45) is 3.93. The van der Waals surface area contributed by atoms with Crippen LogP contribution in [0.15, 0.2) is 29.8 Å². The lowest BCUT2D eigenvalue weighted by atomic mass is 10.1. The van der Waals surface area contributed by atoms with E-state index < -0.39 is 7.14 Å². The second kappa shape index (κ2) is 7.45. The molecule has 9 heteroatoms. The monoisotopic (exact) mass is 443 g/mol. The van der Waals surface area contributed by atoms with Gasteiger partial charge in [0.1, 0.15) is 13.0 Å². The Kier molecular flexibility index (Phi) is 4.88. The third-order valence-electron chi connectivity index (χ3n) is 5.53. The molecular formula is C21H23FN5OPS. The smallest absolute Gasteiger partial charge is 0.224 e. The van der Waals surface area contributed by atoms with Crippen LogP contribution in [0.5, 0.6) is 0 Å². The van der Waals surface area contributed by atoms with Crippen LogP contribution in [0.1, 0.15) is 12.8 Å². The third-order valence-corrected chi connectivity index (χ3v) is 7.97. The van der Waals surface area contributed by atoms with E-state index in [1.165, 1.54) is 17.4 Å². The summed E-state index contributed by atoms with van der Waals surface area (Å²) in [5, 5.41) is 9.86. The molecule has 0 unspecified atom stereocenters. The average molecular weight is 443 g/mol. The van der Waals surface area contributed by atoms with Crippen LogP contribution in [-0.2, 0) is 4.57 Å². The first-order valence-corrected chi connectivity index (χ1v) is 13.5. The lowest BCUT2D eigenvalue weighted by Gasteiger charge is -2.24. The maximum atomic E-state index is 15.0. The van der Waals surface area contributed by atoms with Crippen LogP contribution in [0.4, 0.5) is 10.3 Å². The van der Waals surface area contributed by atoms with E-state index in [-0.39, 0.29) is 11.9 Å². The molecule has 4 heterocycles. The van der Waals surface area contributed by atoms with Gasteiger partial charge in [-0.25, -0.2) is 14.4 Å². The van der Waals surface area contributed by atoms with E-state index in [0.717, 1.165) is 36.1 Å². The summed E-state index contributed by atoms with van der Waals surface area (Å²) in [7, 11) is -2.58. The van der Waals surface area contributed by atoms with E-state index in [2.05, 4.69) is 20.6 Å². The van der Waals surface area contributed by atoms with Gasteiger partial charge in [0.15, 0.2) is 0 Å². The number of benzene rings is 1. The van der Waals surface area contributed by atoms with E-state index in [9.17, 15) is 8.96 Å². The van der Waals surface area contributed by atoms with Gasteiger partial charge >= 0.3 is 0 Å². The van der Waals surface area contributed by atoms with Crippen molar-refractivity contribution in [3.05, 3.63) is 35.6 Å². The molecule has 4 aromatic rings. The Bertz CT molecular complexity index is 1290. The molecule has 1 aliphatic heterocycles. The Morgan fingerprint density at radius 2 is 2.13 bits per heavy atom. The fourth-order valence-electron chi connectivity index (χ4n) is 4.10. The van der Waals surface area contributed by atoms with Crippen molar-refractivity contribution in [3.63, 3.8) is 0 Å². The minimum atomic E-state index is -2.58. The molecule has 1 aliphatic rings. The van der Waals surface area contributed by atoms with Gasteiger partial charge < -0.3 is 20.2 Å². The van der Waals surface area contributed by atoms with Gasteiger partial charge in [0.05, 0.1) is 21.4 Å². The van der Waals surface area contributed by atoms with Gasteiger partial charge in [-0.05, 0) is 56.3 Å². The topological polar surface area (TPSA) is 82.7 Å². The van der Waals surface area contributed by atoms with Crippen molar-refractivity contribution in [2.24, 2.45) is 0 Å². The predicted molar refractivity (Wildman–Crippen MR) is 123 cm³/mol. The maximum absolute atomic E-state index is 15.0. The zero-order valence-electron chi connectivity index (χ0n) is 16.8. The zero-order valence-corrected chi connectivity index (χ0v) is 18.5. The normalized spacial score (nSPS) is 17.6. The SMILES string of the molecule is CP(C)(=O)c1ccc(F)c2c(-c3nc(N[C@H]4CCCNC4)nc4ccsc34)c[nH]c12. The lowest BCUT2D eigenvalue weighted by Crippen LogP contribution is -2.38. The predicted octanol–water partition coefficient (Wildman–Crippen LogP) is 4.39. The molecule has 0 saturated carbocycles. The molecule has 0 spiro atoms. The lowest BCUT2D eigenvalue weighted by molar-refractivity contribution is 0.478. The van der Waals surface area contributed by atoms with Crippen LogP contribution >= 0.6 is 18.5 Å². The number of nitrogens with one attached hydrogen (secondary N) is 3. The molecule has 6 nitrogen and oxygen atoms in total. The molecule has 5 rings (SSSR count). The molecule has 30 heavy (non-hydrogen) atoms. The Morgan fingerprint density at radius 3 is 2.90 bits per heavy atom. The van der Waals surface area contributed by atoms with Crippen LogP contribution < -0.4 is 15.9 Å². The largest absolute Gasteiger partial charge is 0.360 e. The molecule has 0 bridgehead atoms. The average Bonchev–Trinajstić information content (AvgIpc) is 3.35. The molecular weight excluding hydrogens is 420 g/mol. The van der Waals surface area contributed by atoms with E-state index in [1.54, 1.807) is 25.6 Å². The van der Waals surface area contributed by atoms with Crippen molar-refractivity contribution in [1.29, 1.82) is 0 Å². The number of aromatic nitrogens is 3. The zero-order chi connectivity index (χ0) is 20.9. The quantitative estimate of drug-likeness (QED) is 0.408. The van der Waals surface area contributed by atoms with Crippen molar-refractivity contribution in [2.75, 3.05) is 31.7 Å². The van der Waals surface area contributed by atoms with Crippen LogP contribution in [0.3, 0.4) is 0 Å². The number of aromatic amines is 1. The van der Waals surface area contributed by atoms with Gasteiger partial charge in [-0.3, -0.25) is 0 Å². The molecule has 0 aliphatic carbocycles. The number of hydrogen-bond donors (Lipinski definition) is 3. The fourth-order valence-corrected chi connectivity index (χ4v) is 6.08. The molecule has 156 valence electrons. The van der Waals surface area contributed by atoms with Crippen LogP contribution in [0.2, 0.25) is 0 Å². The van der Waals surface area contributed by atoms with E-state index in [4.69, 9.17) is 4.98 Å². The summed E-state index contributed by atoms with van der Waals surface area (Å²) in [4.78, 5) is 12.6. The Balaban J connectivity index is 1.68. The Morgan fingerprint density at radius 1 is 1.27 bits per heavy atom. The van der Waals surface area contributed by atoms with Crippen LogP contribution in [0, 0.1) is 5.82 Å². The molecule has 1 atom stereocenters.